The van der Waals surface area contributed by atoms with E-state index < -0.39 is 0 Å². The summed E-state index contributed by atoms with van der Waals surface area (Å²) >= 11 is 0. The molecule has 0 radical (unpaired) electrons. The van der Waals surface area contributed by atoms with Crippen molar-refractivity contribution in [2.24, 2.45) is 0 Å². The molecule has 37 heavy (non-hydrogen) atoms. The lowest BCUT2D eigenvalue weighted by Crippen LogP contribution is -2.39. The van der Waals surface area contributed by atoms with Gasteiger partial charge in [-0.2, -0.15) is 0 Å². The van der Waals surface area contributed by atoms with Crippen LogP contribution in [0.4, 0.5) is 0 Å². The van der Waals surface area contributed by atoms with Crippen LogP contribution in [-0.4, -0.2) is 43.8 Å². The fourth-order valence-corrected chi connectivity index (χ4v) is 4.69. The van der Waals surface area contributed by atoms with E-state index in [2.05, 4.69) is 75.6 Å². The molecule has 0 bridgehead atoms. The molecule has 0 aromatic heterocycles. The van der Waals surface area contributed by atoms with E-state index in [1.165, 1.54) is 56.1 Å². The molecule has 0 aliphatic rings. The predicted octanol–water partition coefficient (Wildman–Crippen LogP) is 8.13. The van der Waals surface area contributed by atoms with Crippen molar-refractivity contribution in [2.75, 3.05) is 27.2 Å². The van der Waals surface area contributed by atoms with Gasteiger partial charge in [0.25, 0.3) is 0 Å². The summed E-state index contributed by atoms with van der Waals surface area (Å²) in [5, 5.41) is 0. The van der Waals surface area contributed by atoms with E-state index in [9.17, 15) is 4.79 Å². The van der Waals surface area contributed by atoms with Crippen LogP contribution in [0.2, 0.25) is 0 Å². The van der Waals surface area contributed by atoms with Gasteiger partial charge in [0.05, 0.1) is 33.4 Å². The molecule has 2 rings (SSSR count). The summed E-state index contributed by atoms with van der Waals surface area (Å²) in [5.41, 5.74) is 2.73. The van der Waals surface area contributed by atoms with Crippen molar-refractivity contribution >= 4 is 5.97 Å². The number of nitrogens with zero attached hydrogens (tertiary/aromatic N) is 1. The molecule has 0 aliphatic heterocycles. The minimum Gasteiger partial charge on any atom is -0.491 e. The molecule has 1 unspecified atom stereocenters. The molecule has 0 saturated heterocycles. The Morgan fingerprint density at radius 1 is 0.811 bits per heavy atom. The third-order valence-electron chi connectivity index (χ3n) is 6.96. The second-order valence-corrected chi connectivity index (χ2v) is 11.2. The first kappa shape index (κ1) is 30.9. The number of carbonyl (C=O) groups is 1. The lowest BCUT2D eigenvalue weighted by Gasteiger charge is -2.30. The molecule has 0 spiro atoms. The van der Waals surface area contributed by atoms with Gasteiger partial charge < -0.3 is 14.0 Å². The van der Waals surface area contributed by atoms with Crippen LogP contribution in [0.15, 0.2) is 54.6 Å². The van der Waals surface area contributed by atoms with Crippen molar-refractivity contribution in [3.8, 4) is 5.75 Å². The first-order valence-corrected chi connectivity index (χ1v) is 14.6. The molecule has 0 saturated carbocycles. The molecule has 4 heteroatoms. The highest BCUT2D eigenvalue weighted by Gasteiger charge is 2.16. The molecule has 0 fully saturated rings. The topological polar surface area (TPSA) is 35.5 Å². The SMILES string of the molecule is CCCCCCCCCc1ccc(OC(C)CCOC(=O)CCCC[N+](C)(C)Cc2ccccc2)cc1. The lowest BCUT2D eigenvalue weighted by molar-refractivity contribution is -0.903. The van der Waals surface area contributed by atoms with Gasteiger partial charge in [0.1, 0.15) is 12.3 Å². The number of rotatable bonds is 20. The minimum atomic E-state index is -0.102. The van der Waals surface area contributed by atoms with E-state index >= 15 is 0 Å². The van der Waals surface area contributed by atoms with Crippen molar-refractivity contribution in [3.63, 3.8) is 0 Å². The van der Waals surface area contributed by atoms with Crippen molar-refractivity contribution in [1.82, 2.24) is 0 Å². The number of quaternary nitrogens is 1. The number of carbonyl (C=O) groups excluding carboxylic acids is 1. The summed E-state index contributed by atoms with van der Waals surface area (Å²) in [6, 6.07) is 19.1. The Bertz CT molecular complexity index is 848. The zero-order valence-corrected chi connectivity index (χ0v) is 24.1. The van der Waals surface area contributed by atoms with Gasteiger partial charge in [0, 0.05) is 18.4 Å². The smallest absolute Gasteiger partial charge is 0.305 e. The highest BCUT2D eigenvalue weighted by Crippen LogP contribution is 2.17. The maximum atomic E-state index is 12.1. The Morgan fingerprint density at radius 3 is 2.19 bits per heavy atom. The molecule has 2 aromatic rings. The van der Waals surface area contributed by atoms with Gasteiger partial charge in [-0.15, -0.1) is 0 Å². The number of hydrogen-bond acceptors (Lipinski definition) is 3. The molecule has 1 atom stereocenters. The fourth-order valence-electron chi connectivity index (χ4n) is 4.69. The van der Waals surface area contributed by atoms with E-state index in [1.54, 1.807) is 0 Å². The average molecular weight is 511 g/mol. The first-order valence-electron chi connectivity index (χ1n) is 14.6. The van der Waals surface area contributed by atoms with Crippen LogP contribution in [0.3, 0.4) is 0 Å². The summed E-state index contributed by atoms with van der Waals surface area (Å²) < 4.78 is 12.4. The zero-order valence-electron chi connectivity index (χ0n) is 24.1. The van der Waals surface area contributed by atoms with E-state index in [4.69, 9.17) is 9.47 Å². The molecular formula is C33H52NO3+. The molecule has 0 heterocycles. The fraction of sp³-hybridized carbons (Fsp3) is 0.606. The van der Waals surface area contributed by atoms with Crippen LogP contribution >= 0.6 is 0 Å². The molecule has 0 amide bonds. The number of hydrogen-bond donors (Lipinski definition) is 0. The average Bonchev–Trinajstić information content (AvgIpc) is 2.87. The van der Waals surface area contributed by atoms with Crippen LogP contribution in [0, 0.1) is 0 Å². The molecule has 206 valence electrons. The number of benzene rings is 2. The summed E-state index contributed by atoms with van der Waals surface area (Å²) in [5.74, 6) is 0.786. The summed E-state index contributed by atoms with van der Waals surface area (Å²) in [6.45, 7) is 6.76. The summed E-state index contributed by atoms with van der Waals surface area (Å²) in [4.78, 5) is 12.1. The van der Waals surface area contributed by atoms with Crippen LogP contribution in [0.1, 0.15) is 95.6 Å². The van der Waals surface area contributed by atoms with Gasteiger partial charge in [-0.3, -0.25) is 4.79 Å². The van der Waals surface area contributed by atoms with Gasteiger partial charge in [-0.05, 0) is 50.3 Å². The van der Waals surface area contributed by atoms with Gasteiger partial charge >= 0.3 is 5.97 Å². The number of ether oxygens (including phenoxy) is 2. The van der Waals surface area contributed by atoms with Gasteiger partial charge in [-0.1, -0.05) is 87.9 Å². The molecule has 0 N–H and O–H groups in total. The summed E-state index contributed by atoms with van der Waals surface area (Å²) in [6.07, 6.45) is 13.6. The molecular weight excluding hydrogens is 458 g/mol. The van der Waals surface area contributed by atoms with Crippen molar-refractivity contribution in [1.29, 1.82) is 0 Å². The normalized spacial score (nSPS) is 12.3. The van der Waals surface area contributed by atoms with Gasteiger partial charge in [-0.25, -0.2) is 0 Å². The van der Waals surface area contributed by atoms with Gasteiger partial charge in [0.15, 0.2) is 0 Å². The van der Waals surface area contributed by atoms with Crippen molar-refractivity contribution < 1.29 is 18.8 Å². The van der Waals surface area contributed by atoms with Crippen molar-refractivity contribution in [3.05, 3.63) is 65.7 Å². The standard InChI is InChI=1S/C33H52NO3/c1-5-6-7-8-9-10-12-17-30-21-23-32(24-22-30)37-29(2)25-27-36-33(35)20-15-16-26-34(3,4)28-31-18-13-11-14-19-31/h11,13-14,18-19,21-24,29H,5-10,12,15-17,20,25-28H2,1-4H3/q+1. The van der Waals surface area contributed by atoms with Crippen molar-refractivity contribution in [2.45, 2.75) is 104 Å². The van der Waals surface area contributed by atoms with Crippen LogP contribution in [0.25, 0.3) is 0 Å². The Balaban J connectivity index is 1.52. The molecule has 2 aromatic carbocycles. The van der Waals surface area contributed by atoms with E-state index in [1.807, 2.05) is 6.92 Å². The number of unbranched alkanes of at least 4 members (excludes halogenated alkanes) is 7. The van der Waals surface area contributed by atoms with Gasteiger partial charge in [0.2, 0.25) is 0 Å². The highest BCUT2D eigenvalue weighted by atomic mass is 16.5. The Labute approximate surface area is 227 Å². The molecule has 4 nitrogen and oxygen atoms in total. The number of aryl methyl sites for hydroxylation is 1. The second kappa shape index (κ2) is 18.0. The maximum absolute atomic E-state index is 12.1. The second-order valence-electron chi connectivity index (χ2n) is 11.2. The van der Waals surface area contributed by atoms with Crippen LogP contribution in [-0.2, 0) is 22.5 Å². The monoisotopic (exact) mass is 510 g/mol. The zero-order chi connectivity index (χ0) is 26.8. The van der Waals surface area contributed by atoms with E-state index in [0.717, 1.165) is 42.6 Å². The number of esters is 1. The van der Waals surface area contributed by atoms with E-state index in [-0.39, 0.29) is 12.1 Å². The third-order valence-corrected chi connectivity index (χ3v) is 6.96. The quantitative estimate of drug-likeness (QED) is 0.102. The predicted molar refractivity (Wildman–Crippen MR) is 155 cm³/mol. The first-order chi connectivity index (χ1) is 17.9. The molecule has 0 aliphatic carbocycles. The van der Waals surface area contributed by atoms with Crippen LogP contribution < -0.4 is 4.74 Å². The lowest BCUT2D eigenvalue weighted by atomic mass is 10.0. The third kappa shape index (κ3) is 14.9. The minimum absolute atomic E-state index is 0.0119. The van der Waals surface area contributed by atoms with Crippen LogP contribution in [0.5, 0.6) is 5.75 Å². The Hall–Kier alpha value is -2.33. The largest absolute Gasteiger partial charge is 0.491 e. The maximum Gasteiger partial charge on any atom is 0.305 e. The highest BCUT2D eigenvalue weighted by molar-refractivity contribution is 5.69. The Kier molecular flexibility index (Phi) is 15.0. The van der Waals surface area contributed by atoms with E-state index in [0.29, 0.717) is 19.4 Å². The summed E-state index contributed by atoms with van der Waals surface area (Å²) in [7, 11) is 4.49. The Morgan fingerprint density at radius 2 is 1.49 bits per heavy atom.